The van der Waals surface area contributed by atoms with E-state index in [0.29, 0.717) is 5.02 Å². The molecule has 5 rings (SSSR count). The molecule has 0 bridgehead atoms. The maximum Gasteiger partial charge on any atom is 0.164 e. The van der Waals surface area contributed by atoms with E-state index in [-0.39, 0.29) is 0 Å². The molecule has 0 amide bonds. The Labute approximate surface area is 181 Å². The minimum Gasteiger partial charge on any atom is -0.296 e. The normalized spacial score (nSPS) is 11.7. The standard InChI is InChI=1S/C24H15BrClN3/c25-18-10-5-16(6-11-18)7-14-21-24-28-20-3-1-2-4-23(20)29(24)15-22(27-21)17-8-12-19(26)13-9-17/h1-15H/b14-7+. The highest BCUT2D eigenvalue weighted by molar-refractivity contribution is 9.10. The summed E-state index contributed by atoms with van der Waals surface area (Å²) in [6, 6.07) is 24.0. The first-order valence-electron chi connectivity index (χ1n) is 9.15. The van der Waals surface area contributed by atoms with Crippen molar-refractivity contribution in [3.05, 3.63) is 99.7 Å². The number of halogens is 2. The Morgan fingerprint density at radius 2 is 1.59 bits per heavy atom. The Morgan fingerprint density at radius 3 is 2.38 bits per heavy atom. The Bertz CT molecular complexity index is 1350. The molecule has 5 aromatic rings. The Balaban J connectivity index is 1.71. The van der Waals surface area contributed by atoms with Crippen LogP contribution >= 0.6 is 27.5 Å². The lowest BCUT2D eigenvalue weighted by molar-refractivity contribution is 1.14. The molecule has 0 N–H and O–H groups in total. The molecule has 0 saturated carbocycles. The Morgan fingerprint density at radius 1 is 0.828 bits per heavy atom. The van der Waals surface area contributed by atoms with Gasteiger partial charge in [0.2, 0.25) is 0 Å². The average molecular weight is 461 g/mol. The zero-order valence-corrected chi connectivity index (χ0v) is 17.6. The summed E-state index contributed by atoms with van der Waals surface area (Å²) in [5.41, 5.74) is 6.62. The molecule has 0 fully saturated rings. The average Bonchev–Trinajstić information content (AvgIpc) is 3.12. The predicted octanol–water partition coefficient (Wildman–Crippen LogP) is 7.14. The molecular weight excluding hydrogens is 446 g/mol. The summed E-state index contributed by atoms with van der Waals surface area (Å²) < 4.78 is 3.16. The molecule has 0 atom stereocenters. The summed E-state index contributed by atoms with van der Waals surface area (Å²) in [6.07, 6.45) is 6.11. The number of benzene rings is 3. The van der Waals surface area contributed by atoms with E-state index < -0.39 is 0 Å². The Kier molecular flexibility index (Phi) is 4.66. The largest absolute Gasteiger partial charge is 0.296 e. The van der Waals surface area contributed by atoms with Crippen molar-refractivity contribution in [3.8, 4) is 11.3 Å². The van der Waals surface area contributed by atoms with Crippen LogP contribution in [0.1, 0.15) is 11.3 Å². The molecule has 0 radical (unpaired) electrons. The van der Waals surface area contributed by atoms with Crippen LogP contribution in [0.4, 0.5) is 0 Å². The zero-order chi connectivity index (χ0) is 19.8. The maximum absolute atomic E-state index is 6.06. The summed E-state index contributed by atoms with van der Waals surface area (Å²) in [4.78, 5) is 9.72. The highest BCUT2D eigenvalue weighted by Gasteiger charge is 2.11. The quantitative estimate of drug-likeness (QED) is 0.286. The molecule has 0 spiro atoms. The van der Waals surface area contributed by atoms with Gasteiger partial charge in [-0.25, -0.2) is 9.97 Å². The van der Waals surface area contributed by atoms with Crippen LogP contribution in [-0.2, 0) is 0 Å². The van der Waals surface area contributed by atoms with Gasteiger partial charge in [-0.3, -0.25) is 4.40 Å². The second-order valence-electron chi connectivity index (χ2n) is 6.70. The fourth-order valence-corrected chi connectivity index (χ4v) is 3.70. The molecule has 3 aromatic carbocycles. The SMILES string of the molecule is Clc1ccc(-c2cn3c(nc4ccccc43)c(/C=C/c3ccc(Br)cc3)n2)cc1. The van der Waals surface area contributed by atoms with Crippen LogP contribution in [-0.4, -0.2) is 14.4 Å². The van der Waals surface area contributed by atoms with Gasteiger partial charge in [0.25, 0.3) is 0 Å². The van der Waals surface area contributed by atoms with Crippen molar-refractivity contribution in [2.24, 2.45) is 0 Å². The molecule has 5 heteroatoms. The van der Waals surface area contributed by atoms with Gasteiger partial charge in [-0.05, 0) is 48.0 Å². The second kappa shape index (κ2) is 7.47. The van der Waals surface area contributed by atoms with E-state index in [2.05, 4.69) is 44.6 Å². The van der Waals surface area contributed by atoms with Crippen LogP contribution in [0.25, 0.3) is 40.1 Å². The third kappa shape index (κ3) is 3.57. The van der Waals surface area contributed by atoms with E-state index in [9.17, 15) is 0 Å². The lowest BCUT2D eigenvalue weighted by atomic mass is 10.1. The minimum absolute atomic E-state index is 0.707. The molecule has 3 nitrogen and oxygen atoms in total. The summed E-state index contributed by atoms with van der Waals surface area (Å²) in [5, 5.41) is 0.707. The minimum atomic E-state index is 0.707. The number of rotatable bonds is 3. The van der Waals surface area contributed by atoms with Crippen molar-refractivity contribution in [2.75, 3.05) is 0 Å². The second-order valence-corrected chi connectivity index (χ2v) is 8.05. The summed E-state index contributed by atoms with van der Waals surface area (Å²) in [5.74, 6) is 0. The molecular formula is C24H15BrClN3. The first-order chi connectivity index (χ1) is 14.2. The van der Waals surface area contributed by atoms with Crippen LogP contribution in [0.15, 0.2) is 83.5 Å². The molecule has 2 aromatic heterocycles. The summed E-state index contributed by atoms with van der Waals surface area (Å²) >= 11 is 9.54. The van der Waals surface area contributed by atoms with E-state index in [1.165, 1.54) is 0 Å². The van der Waals surface area contributed by atoms with E-state index >= 15 is 0 Å². The highest BCUT2D eigenvalue weighted by Crippen LogP contribution is 2.26. The van der Waals surface area contributed by atoms with Crippen molar-refractivity contribution in [1.82, 2.24) is 14.4 Å². The third-order valence-corrected chi connectivity index (χ3v) is 5.54. The summed E-state index contributed by atoms with van der Waals surface area (Å²) in [7, 11) is 0. The molecule has 0 aliphatic carbocycles. The van der Waals surface area contributed by atoms with Gasteiger partial charge in [-0.15, -0.1) is 0 Å². The van der Waals surface area contributed by atoms with Crippen molar-refractivity contribution in [3.63, 3.8) is 0 Å². The van der Waals surface area contributed by atoms with Crippen LogP contribution in [0.3, 0.4) is 0 Å². The van der Waals surface area contributed by atoms with E-state index in [4.69, 9.17) is 21.6 Å². The third-order valence-electron chi connectivity index (χ3n) is 4.76. The number of aromatic nitrogens is 3. The van der Waals surface area contributed by atoms with Crippen molar-refractivity contribution >= 4 is 56.4 Å². The molecule has 140 valence electrons. The number of hydrogen-bond donors (Lipinski definition) is 0. The van der Waals surface area contributed by atoms with Gasteiger partial charge in [0.15, 0.2) is 5.65 Å². The van der Waals surface area contributed by atoms with Crippen LogP contribution < -0.4 is 0 Å². The van der Waals surface area contributed by atoms with Gasteiger partial charge in [0.1, 0.15) is 5.69 Å². The monoisotopic (exact) mass is 459 g/mol. The van der Waals surface area contributed by atoms with E-state index in [1.54, 1.807) is 0 Å². The number of hydrogen-bond acceptors (Lipinski definition) is 2. The first kappa shape index (κ1) is 18.1. The molecule has 0 saturated heterocycles. The van der Waals surface area contributed by atoms with Gasteiger partial charge in [-0.1, -0.05) is 70.0 Å². The molecule has 0 unspecified atom stereocenters. The fourth-order valence-electron chi connectivity index (χ4n) is 3.31. The van der Waals surface area contributed by atoms with E-state index in [1.807, 2.05) is 66.9 Å². The van der Waals surface area contributed by atoms with E-state index in [0.717, 1.165) is 43.7 Å². The van der Waals surface area contributed by atoms with Crippen LogP contribution in [0.5, 0.6) is 0 Å². The van der Waals surface area contributed by atoms with Gasteiger partial charge in [0, 0.05) is 21.3 Å². The smallest absolute Gasteiger partial charge is 0.164 e. The molecule has 29 heavy (non-hydrogen) atoms. The lowest BCUT2D eigenvalue weighted by Gasteiger charge is -2.06. The van der Waals surface area contributed by atoms with Crippen LogP contribution in [0.2, 0.25) is 5.02 Å². The van der Waals surface area contributed by atoms with Crippen molar-refractivity contribution in [1.29, 1.82) is 0 Å². The van der Waals surface area contributed by atoms with Crippen LogP contribution in [0, 0.1) is 0 Å². The Hall–Kier alpha value is -2.95. The van der Waals surface area contributed by atoms with Gasteiger partial charge in [0.05, 0.1) is 16.7 Å². The zero-order valence-electron chi connectivity index (χ0n) is 15.3. The van der Waals surface area contributed by atoms with Gasteiger partial charge in [-0.2, -0.15) is 0 Å². The molecule has 2 heterocycles. The number of para-hydroxylation sites is 2. The lowest BCUT2D eigenvalue weighted by Crippen LogP contribution is -1.96. The van der Waals surface area contributed by atoms with Crippen molar-refractivity contribution < 1.29 is 0 Å². The number of nitrogens with zero attached hydrogens (tertiary/aromatic N) is 3. The highest BCUT2D eigenvalue weighted by atomic mass is 79.9. The number of fused-ring (bicyclic) bond motifs is 3. The molecule has 0 aliphatic heterocycles. The first-order valence-corrected chi connectivity index (χ1v) is 10.3. The topological polar surface area (TPSA) is 30.2 Å². The number of imidazole rings is 1. The van der Waals surface area contributed by atoms with Gasteiger partial charge >= 0.3 is 0 Å². The fraction of sp³-hybridized carbons (Fsp3) is 0. The van der Waals surface area contributed by atoms with Gasteiger partial charge < -0.3 is 0 Å². The summed E-state index contributed by atoms with van der Waals surface area (Å²) in [6.45, 7) is 0. The molecule has 0 aliphatic rings. The predicted molar refractivity (Wildman–Crippen MR) is 124 cm³/mol. The maximum atomic E-state index is 6.06. The van der Waals surface area contributed by atoms with Crippen molar-refractivity contribution in [2.45, 2.75) is 0 Å².